The van der Waals surface area contributed by atoms with Crippen molar-refractivity contribution in [3.63, 3.8) is 0 Å². The molecule has 1 aliphatic rings. The van der Waals surface area contributed by atoms with E-state index in [1.165, 1.54) is 4.90 Å². The molecule has 0 aliphatic carbocycles. The third kappa shape index (κ3) is 3.20. The van der Waals surface area contributed by atoms with E-state index in [1.54, 1.807) is 6.08 Å². The van der Waals surface area contributed by atoms with Crippen LogP contribution >= 0.6 is 0 Å². The van der Waals surface area contributed by atoms with Crippen molar-refractivity contribution in [2.24, 2.45) is 0 Å². The van der Waals surface area contributed by atoms with Crippen molar-refractivity contribution < 1.29 is 14.3 Å². The summed E-state index contributed by atoms with van der Waals surface area (Å²) in [7, 11) is 0. The largest absolute Gasteiger partial charge is 0.480 e. The first-order valence-electron chi connectivity index (χ1n) is 8.08. The highest BCUT2D eigenvalue weighted by atomic mass is 16.5. The number of terminal acetylenes is 1. The number of nitrogens with zero attached hydrogens (tertiary/aromatic N) is 1. The third-order valence-electron chi connectivity index (χ3n) is 3.94. The van der Waals surface area contributed by atoms with E-state index < -0.39 is 6.03 Å². The normalized spacial score (nSPS) is 15.5. The predicted molar refractivity (Wildman–Crippen MR) is 96.8 cm³/mol. The number of benzene rings is 2. The van der Waals surface area contributed by atoms with Crippen molar-refractivity contribution in [1.29, 1.82) is 0 Å². The molecule has 0 aromatic heterocycles. The maximum Gasteiger partial charge on any atom is 0.329 e. The number of carbonyl (C=O) groups is 2. The summed E-state index contributed by atoms with van der Waals surface area (Å²) in [6.07, 6.45) is 7.65. The molecule has 0 atom stereocenters. The van der Waals surface area contributed by atoms with Gasteiger partial charge in [0.1, 0.15) is 18.1 Å². The Morgan fingerprint density at radius 2 is 2.04 bits per heavy atom. The lowest BCUT2D eigenvalue weighted by Gasteiger charge is -2.11. The summed E-state index contributed by atoms with van der Waals surface area (Å²) in [5.41, 5.74) is 0.954. The van der Waals surface area contributed by atoms with Gasteiger partial charge in [0.15, 0.2) is 0 Å². The van der Waals surface area contributed by atoms with Crippen LogP contribution in [0.4, 0.5) is 4.79 Å². The molecule has 0 saturated carbocycles. The fourth-order valence-electron chi connectivity index (χ4n) is 2.81. The van der Waals surface area contributed by atoms with Crippen LogP contribution in [0.1, 0.15) is 18.9 Å². The molecule has 1 heterocycles. The van der Waals surface area contributed by atoms with Gasteiger partial charge in [-0.15, -0.1) is 6.42 Å². The van der Waals surface area contributed by atoms with Crippen LogP contribution in [-0.4, -0.2) is 30.0 Å². The number of imide groups is 1. The Morgan fingerprint density at radius 1 is 1.24 bits per heavy atom. The van der Waals surface area contributed by atoms with Crippen LogP contribution in [0.3, 0.4) is 0 Å². The maximum absolute atomic E-state index is 12.5. The van der Waals surface area contributed by atoms with Gasteiger partial charge in [0.25, 0.3) is 5.91 Å². The Kier molecular flexibility index (Phi) is 4.71. The van der Waals surface area contributed by atoms with Gasteiger partial charge >= 0.3 is 6.03 Å². The van der Waals surface area contributed by atoms with Crippen LogP contribution in [0, 0.1) is 12.3 Å². The number of amides is 3. The molecule has 5 nitrogen and oxygen atoms in total. The molecular weight excluding hydrogens is 316 g/mol. The molecule has 1 saturated heterocycles. The molecule has 3 amide bonds. The molecule has 0 bridgehead atoms. The SMILES string of the molecule is C#CCOc1ccc2ccccc2c1/C=C1/NC(=O)N(CCC)C1=O. The lowest BCUT2D eigenvalue weighted by atomic mass is 10.0. The Balaban J connectivity index is 2.09. The van der Waals surface area contributed by atoms with Gasteiger partial charge < -0.3 is 10.1 Å². The summed E-state index contributed by atoms with van der Waals surface area (Å²) in [4.78, 5) is 25.7. The number of nitrogens with one attached hydrogen (secondary N) is 1. The maximum atomic E-state index is 12.5. The van der Waals surface area contributed by atoms with E-state index in [0.29, 0.717) is 18.7 Å². The lowest BCUT2D eigenvalue weighted by Crippen LogP contribution is -2.31. The molecule has 126 valence electrons. The van der Waals surface area contributed by atoms with Crippen molar-refractivity contribution in [3.8, 4) is 18.1 Å². The molecule has 0 spiro atoms. The van der Waals surface area contributed by atoms with Crippen molar-refractivity contribution in [2.75, 3.05) is 13.2 Å². The summed E-state index contributed by atoms with van der Waals surface area (Å²) in [6, 6.07) is 11.1. The number of ether oxygens (including phenoxy) is 1. The highest BCUT2D eigenvalue weighted by Gasteiger charge is 2.33. The number of urea groups is 1. The molecule has 1 aliphatic heterocycles. The van der Waals surface area contributed by atoms with Crippen LogP contribution in [0.15, 0.2) is 42.1 Å². The summed E-state index contributed by atoms with van der Waals surface area (Å²) in [5, 5.41) is 4.56. The number of rotatable bonds is 5. The zero-order valence-electron chi connectivity index (χ0n) is 13.9. The lowest BCUT2D eigenvalue weighted by molar-refractivity contribution is -0.122. The van der Waals surface area contributed by atoms with Crippen LogP contribution in [0.5, 0.6) is 5.75 Å². The van der Waals surface area contributed by atoms with Gasteiger partial charge in [-0.1, -0.05) is 43.2 Å². The Labute approximate surface area is 146 Å². The van der Waals surface area contributed by atoms with E-state index in [4.69, 9.17) is 11.2 Å². The summed E-state index contributed by atoms with van der Waals surface area (Å²) >= 11 is 0. The molecule has 2 aromatic rings. The first kappa shape index (κ1) is 16.6. The molecular formula is C20H18N2O3. The van der Waals surface area contributed by atoms with E-state index in [2.05, 4.69) is 11.2 Å². The predicted octanol–water partition coefficient (Wildman–Crippen LogP) is 3.15. The van der Waals surface area contributed by atoms with Gasteiger partial charge in [-0.05, 0) is 29.3 Å². The second kappa shape index (κ2) is 7.10. The minimum absolute atomic E-state index is 0.122. The molecule has 1 fully saturated rings. The summed E-state index contributed by atoms with van der Waals surface area (Å²) < 4.78 is 5.62. The van der Waals surface area contributed by atoms with Crippen LogP contribution < -0.4 is 10.1 Å². The van der Waals surface area contributed by atoms with Crippen LogP contribution in [0.2, 0.25) is 0 Å². The number of carbonyl (C=O) groups excluding carboxylic acids is 2. The van der Waals surface area contributed by atoms with E-state index in [9.17, 15) is 9.59 Å². The van der Waals surface area contributed by atoms with E-state index in [1.807, 2.05) is 43.3 Å². The van der Waals surface area contributed by atoms with E-state index in [0.717, 1.165) is 16.3 Å². The quantitative estimate of drug-likeness (QED) is 0.519. The average Bonchev–Trinajstić information content (AvgIpc) is 2.89. The molecule has 1 N–H and O–H groups in total. The summed E-state index contributed by atoms with van der Waals surface area (Å²) in [6.45, 7) is 2.42. The minimum Gasteiger partial charge on any atom is -0.480 e. The zero-order chi connectivity index (χ0) is 17.8. The zero-order valence-corrected chi connectivity index (χ0v) is 13.9. The van der Waals surface area contributed by atoms with E-state index >= 15 is 0 Å². The second-order valence-corrected chi connectivity index (χ2v) is 5.64. The molecule has 2 aromatic carbocycles. The van der Waals surface area contributed by atoms with Gasteiger partial charge in [0.05, 0.1) is 0 Å². The third-order valence-corrected chi connectivity index (χ3v) is 3.94. The standard InChI is InChI=1S/C20H18N2O3/c1-3-11-22-19(23)17(21-20(22)24)13-16-15-8-6-5-7-14(15)9-10-18(16)25-12-4-2/h2,5-10,13H,3,11-12H2,1H3,(H,21,24)/b17-13+. The fraction of sp³-hybridized carbons (Fsp3) is 0.200. The van der Waals surface area contributed by atoms with Gasteiger partial charge in [-0.25, -0.2) is 4.79 Å². The van der Waals surface area contributed by atoms with Gasteiger partial charge in [-0.2, -0.15) is 0 Å². The van der Waals surface area contributed by atoms with Crippen LogP contribution in [-0.2, 0) is 4.79 Å². The highest BCUT2D eigenvalue weighted by Crippen LogP contribution is 2.31. The van der Waals surface area contributed by atoms with Gasteiger partial charge in [0.2, 0.25) is 0 Å². The van der Waals surface area contributed by atoms with Crippen molar-refractivity contribution in [1.82, 2.24) is 10.2 Å². The Bertz CT molecular complexity index is 909. The van der Waals surface area contributed by atoms with Crippen LogP contribution in [0.25, 0.3) is 16.8 Å². The topological polar surface area (TPSA) is 58.6 Å². The molecule has 25 heavy (non-hydrogen) atoms. The van der Waals surface area contributed by atoms with Crippen molar-refractivity contribution in [2.45, 2.75) is 13.3 Å². The monoisotopic (exact) mass is 334 g/mol. The first-order chi connectivity index (χ1) is 12.2. The number of hydrogen-bond acceptors (Lipinski definition) is 3. The van der Waals surface area contributed by atoms with Crippen molar-refractivity contribution >= 4 is 28.8 Å². The minimum atomic E-state index is -0.399. The molecule has 0 unspecified atom stereocenters. The smallest absolute Gasteiger partial charge is 0.329 e. The molecule has 0 radical (unpaired) electrons. The van der Waals surface area contributed by atoms with Gasteiger partial charge in [-0.3, -0.25) is 9.69 Å². The first-order valence-corrected chi connectivity index (χ1v) is 8.08. The van der Waals surface area contributed by atoms with Crippen molar-refractivity contribution in [3.05, 3.63) is 47.7 Å². The van der Waals surface area contributed by atoms with Gasteiger partial charge in [0, 0.05) is 12.1 Å². The number of fused-ring (bicyclic) bond motifs is 1. The molecule has 3 rings (SSSR count). The second-order valence-electron chi connectivity index (χ2n) is 5.64. The average molecular weight is 334 g/mol. The summed E-state index contributed by atoms with van der Waals surface area (Å²) in [5.74, 6) is 2.68. The fourth-order valence-corrected chi connectivity index (χ4v) is 2.81. The van der Waals surface area contributed by atoms with E-state index in [-0.39, 0.29) is 18.2 Å². The Hall–Kier alpha value is -3.26. The highest BCUT2D eigenvalue weighted by molar-refractivity contribution is 6.14. The molecule has 5 heteroatoms. The number of hydrogen-bond donors (Lipinski definition) is 1. The Morgan fingerprint density at radius 3 is 2.80 bits per heavy atom.